The summed E-state index contributed by atoms with van der Waals surface area (Å²) in [6, 6.07) is 2.28. The third-order valence-electron chi connectivity index (χ3n) is 14.2. The van der Waals surface area contributed by atoms with Crippen molar-refractivity contribution in [3.63, 3.8) is 0 Å². The van der Waals surface area contributed by atoms with Crippen LogP contribution in [0.15, 0.2) is 78.2 Å². The zero-order valence-electron chi connectivity index (χ0n) is 52.7. The van der Waals surface area contributed by atoms with Crippen molar-refractivity contribution in [3.8, 4) is 0 Å². The number of aromatic amines is 1. The lowest BCUT2D eigenvalue weighted by molar-refractivity contribution is -0.142. The second-order valence-electron chi connectivity index (χ2n) is 23.7. The van der Waals surface area contributed by atoms with Crippen LogP contribution in [0.1, 0.15) is 117 Å². The number of benzene rings is 2. The number of carbonyl (C=O) groups is 12. The van der Waals surface area contributed by atoms with E-state index in [-0.39, 0.29) is 75.2 Å². The first kappa shape index (κ1) is 75.8. The molecule has 3 aromatic rings. The number of carbonyl (C=O) groups excluding carboxylic acids is 9. The first-order chi connectivity index (χ1) is 42.8. The molecule has 19 N–H and O–H groups in total. The number of nitrogens with zero attached hydrogens (tertiary/aromatic N) is 2. The lowest BCUT2D eigenvalue weighted by Crippen LogP contribution is -2.61. The van der Waals surface area contributed by atoms with Crippen LogP contribution in [0.5, 0.6) is 0 Å². The number of aliphatic imine (C=N–C) groups is 1. The van der Waals surface area contributed by atoms with Gasteiger partial charge < -0.3 is 85.4 Å². The summed E-state index contributed by atoms with van der Waals surface area (Å²) in [4.78, 5) is 174. The Bertz CT molecular complexity index is 2940. The zero-order chi connectivity index (χ0) is 68.1. The molecule has 0 aliphatic heterocycles. The minimum Gasteiger partial charge on any atom is -0.481 e. The van der Waals surface area contributed by atoms with Gasteiger partial charge in [-0.2, -0.15) is 0 Å². The molecule has 0 unspecified atom stereocenters. The van der Waals surface area contributed by atoms with Crippen molar-refractivity contribution < 1.29 is 72.9 Å². The molecule has 30 heteroatoms. The van der Waals surface area contributed by atoms with E-state index in [1.807, 2.05) is 0 Å². The monoisotopic (exact) mass is 1270 g/mol. The molecular weight excluding hydrogens is 1180 g/mol. The molecule has 1 aromatic heterocycles. The summed E-state index contributed by atoms with van der Waals surface area (Å²) in [5.41, 5.74) is 18.4. The number of imidazole rings is 1. The molecule has 0 saturated carbocycles. The Hall–Kier alpha value is -9.48. The molecule has 0 spiro atoms. The van der Waals surface area contributed by atoms with Gasteiger partial charge in [-0.15, -0.1) is 0 Å². The Labute approximate surface area is 528 Å². The van der Waals surface area contributed by atoms with Gasteiger partial charge in [-0.25, -0.2) is 9.78 Å². The van der Waals surface area contributed by atoms with Crippen molar-refractivity contribution in [2.24, 2.45) is 45.9 Å². The third-order valence-corrected chi connectivity index (χ3v) is 14.2. The second-order valence-corrected chi connectivity index (χ2v) is 23.7. The fraction of sp³-hybridized carbons (Fsp3) is 0.541. The van der Waals surface area contributed by atoms with E-state index in [4.69, 9.17) is 17.2 Å². The van der Waals surface area contributed by atoms with Gasteiger partial charge in [0.2, 0.25) is 53.2 Å². The van der Waals surface area contributed by atoms with Crippen molar-refractivity contribution in [1.82, 2.24) is 57.8 Å². The molecule has 1 heterocycles. The summed E-state index contributed by atoms with van der Waals surface area (Å²) in [5, 5.41) is 52.6. The minimum atomic E-state index is -1.98. The van der Waals surface area contributed by atoms with Crippen LogP contribution in [0.4, 0.5) is 0 Å². The van der Waals surface area contributed by atoms with Gasteiger partial charge in [0.15, 0.2) is 5.96 Å². The number of H-pyrrole nitrogens is 1. The van der Waals surface area contributed by atoms with E-state index in [9.17, 15) is 72.9 Å². The largest absolute Gasteiger partial charge is 0.481 e. The molecule has 0 bridgehead atoms. The molecule has 3 rings (SSSR count). The summed E-state index contributed by atoms with van der Waals surface area (Å²) in [6.07, 6.45) is 0.00264. The predicted molar refractivity (Wildman–Crippen MR) is 333 cm³/mol. The predicted octanol–water partition coefficient (Wildman–Crippen LogP) is -0.990. The molecule has 0 radical (unpaired) electrons. The summed E-state index contributed by atoms with van der Waals surface area (Å²) >= 11 is 0. The van der Waals surface area contributed by atoms with E-state index < -0.39 is 157 Å². The van der Waals surface area contributed by atoms with Gasteiger partial charge in [-0.1, -0.05) is 116 Å². The Morgan fingerprint density at radius 2 is 0.901 bits per heavy atom. The molecule has 91 heavy (non-hydrogen) atoms. The van der Waals surface area contributed by atoms with E-state index in [0.29, 0.717) is 16.8 Å². The van der Waals surface area contributed by atoms with Crippen molar-refractivity contribution in [1.29, 1.82) is 0 Å². The van der Waals surface area contributed by atoms with Crippen LogP contribution in [0.3, 0.4) is 0 Å². The lowest BCUT2D eigenvalue weighted by Gasteiger charge is -2.29. The van der Waals surface area contributed by atoms with Crippen LogP contribution in [0.25, 0.3) is 0 Å². The van der Waals surface area contributed by atoms with Crippen LogP contribution in [-0.2, 0) is 76.8 Å². The average molecular weight is 1270 g/mol. The van der Waals surface area contributed by atoms with Crippen LogP contribution in [0.2, 0.25) is 0 Å². The standard InChI is InChI=1S/C61H91N15O15/c1-32(2)24-41(52(82)69-40(60(90)91)20-15-23-66-61(63)64)70-54(84)44(27-37-18-13-10-14-19-37)75-59(89)50(35(7)8)76-57(87)42(25-33(3)4)71-56(86)46(29-48(79)80)73-51(81)39(21-22-47(77)78)68-53(83)43(26-36-16-11-9-12-17-36)72-55(85)45(28-38-30-65-31-67-38)74-58(88)49(62)34(5)6/h9-14,16-19,30-35,39-46,49-50H,15,20-29,62H2,1-8H3,(H,65,67)(H,68,83)(H,69,82)(H,70,84)(H,71,86)(H,72,85)(H,73,81)(H,74,88)(H,75,89)(H,76,87)(H,77,78)(H,79,80)(H,90,91)(H4,63,64,66)/t39-,40-,41-,42-,43-,44-,45-,46-,49-,50-/m0/s1. The van der Waals surface area contributed by atoms with E-state index in [1.165, 1.54) is 12.5 Å². The Kier molecular flexibility index (Phi) is 31.8. The molecule has 10 atom stereocenters. The Balaban J connectivity index is 1.93. The number of aromatic nitrogens is 2. The zero-order valence-corrected chi connectivity index (χ0v) is 52.7. The van der Waals surface area contributed by atoms with E-state index in [1.54, 1.807) is 116 Å². The third kappa shape index (κ3) is 27.8. The van der Waals surface area contributed by atoms with Gasteiger partial charge in [-0.3, -0.25) is 57.7 Å². The highest BCUT2D eigenvalue weighted by atomic mass is 16.4. The highest BCUT2D eigenvalue weighted by Gasteiger charge is 2.38. The molecule has 30 nitrogen and oxygen atoms in total. The number of hydrogen-bond acceptors (Lipinski definition) is 15. The highest BCUT2D eigenvalue weighted by Crippen LogP contribution is 2.15. The van der Waals surface area contributed by atoms with Gasteiger partial charge in [-0.05, 0) is 66.9 Å². The van der Waals surface area contributed by atoms with Crippen LogP contribution >= 0.6 is 0 Å². The molecule has 2 aromatic carbocycles. The number of amides is 9. The number of carboxylic acids is 3. The first-order valence-electron chi connectivity index (χ1n) is 30.1. The molecule has 0 saturated heterocycles. The van der Waals surface area contributed by atoms with Crippen LogP contribution in [-0.4, -0.2) is 169 Å². The second kappa shape index (κ2) is 38.2. The van der Waals surface area contributed by atoms with Gasteiger partial charge >= 0.3 is 17.9 Å². The number of rotatable bonds is 40. The topological polar surface area (TPSA) is 493 Å². The molecule has 500 valence electrons. The van der Waals surface area contributed by atoms with Gasteiger partial charge in [0.1, 0.15) is 54.4 Å². The average Bonchev–Trinajstić information content (AvgIpc) is 2.08. The Morgan fingerprint density at radius 3 is 1.34 bits per heavy atom. The number of aliphatic carboxylic acids is 3. The number of nitrogens with one attached hydrogen (secondary N) is 10. The van der Waals surface area contributed by atoms with Crippen LogP contribution < -0.4 is 65.1 Å². The number of nitrogens with two attached hydrogens (primary N) is 3. The highest BCUT2D eigenvalue weighted by molar-refractivity contribution is 5.99. The smallest absolute Gasteiger partial charge is 0.326 e. The summed E-state index contributed by atoms with van der Waals surface area (Å²) < 4.78 is 0. The summed E-state index contributed by atoms with van der Waals surface area (Å²) in [7, 11) is 0. The van der Waals surface area contributed by atoms with Gasteiger partial charge in [0.05, 0.1) is 18.8 Å². The van der Waals surface area contributed by atoms with E-state index in [0.717, 1.165) is 0 Å². The summed E-state index contributed by atoms with van der Waals surface area (Å²) in [5.74, 6) is -14.5. The molecular formula is C61H91N15O15. The maximum atomic E-state index is 14.4. The van der Waals surface area contributed by atoms with Crippen molar-refractivity contribution in [2.75, 3.05) is 6.54 Å². The first-order valence-corrected chi connectivity index (χ1v) is 30.1. The number of hydrogen-bond donors (Lipinski definition) is 16. The van der Waals surface area contributed by atoms with E-state index >= 15 is 0 Å². The SMILES string of the molecule is CC(C)C[C@H](NC(=O)[C@H](Cc1ccccc1)NC(=O)[C@@H](NC(=O)[C@H](CC(C)C)NC(=O)[C@H](CC(=O)O)NC(=O)[C@H](CCC(=O)O)NC(=O)[C@H](Cc1ccccc1)NC(=O)[C@H](Cc1cnc[nH]1)NC(=O)[C@@H](N)C(C)C)C(C)C)C(=O)N[C@@H](CCCN=C(N)N)C(=O)O. The molecule has 0 aliphatic carbocycles. The lowest BCUT2D eigenvalue weighted by atomic mass is 9.98. The molecule has 9 amide bonds. The molecule has 0 aliphatic rings. The number of carboxylic acid groups (broad SMARTS) is 3. The van der Waals surface area contributed by atoms with Crippen LogP contribution in [0, 0.1) is 23.7 Å². The van der Waals surface area contributed by atoms with Gasteiger partial charge in [0.25, 0.3) is 0 Å². The van der Waals surface area contributed by atoms with E-state index in [2.05, 4.69) is 62.8 Å². The fourth-order valence-electron chi connectivity index (χ4n) is 9.29. The maximum absolute atomic E-state index is 14.4. The Morgan fingerprint density at radius 1 is 0.484 bits per heavy atom. The van der Waals surface area contributed by atoms with Gasteiger partial charge in [0, 0.05) is 44.1 Å². The van der Waals surface area contributed by atoms with Crippen molar-refractivity contribution in [2.45, 2.75) is 180 Å². The fourth-order valence-corrected chi connectivity index (χ4v) is 9.29. The normalized spacial score (nSPS) is 14.5. The summed E-state index contributed by atoms with van der Waals surface area (Å²) in [6.45, 7) is 13.7. The quantitative estimate of drug-likeness (QED) is 0.0185. The van der Waals surface area contributed by atoms with Crippen molar-refractivity contribution in [3.05, 3.63) is 90.0 Å². The van der Waals surface area contributed by atoms with Crippen molar-refractivity contribution >= 4 is 77.0 Å². The number of guanidine groups is 1. The molecule has 0 fully saturated rings. The maximum Gasteiger partial charge on any atom is 0.326 e. The minimum absolute atomic E-state index is 0.0491.